The SMILES string of the molecule is Cc1ncsc1C(=O)N(C)c1ccc(OCc2ccccc2)cc1. The molecule has 1 amide bonds. The summed E-state index contributed by atoms with van der Waals surface area (Å²) in [6, 6.07) is 17.5. The third-order valence-electron chi connectivity index (χ3n) is 3.72. The van der Waals surface area contributed by atoms with Gasteiger partial charge in [0, 0.05) is 12.7 Å². The number of aryl methyl sites for hydroxylation is 1. The molecule has 0 N–H and O–H groups in total. The predicted octanol–water partition coefficient (Wildman–Crippen LogP) is 4.31. The average molecular weight is 338 g/mol. The van der Waals surface area contributed by atoms with E-state index >= 15 is 0 Å². The Morgan fingerprint density at radius 1 is 1.12 bits per heavy atom. The predicted molar refractivity (Wildman–Crippen MR) is 96.8 cm³/mol. The van der Waals surface area contributed by atoms with E-state index in [2.05, 4.69) is 4.98 Å². The highest BCUT2D eigenvalue weighted by Gasteiger charge is 2.17. The molecule has 0 fully saturated rings. The van der Waals surface area contributed by atoms with Crippen molar-refractivity contribution in [2.24, 2.45) is 0 Å². The van der Waals surface area contributed by atoms with Gasteiger partial charge in [-0.1, -0.05) is 30.3 Å². The van der Waals surface area contributed by atoms with Crippen LogP contribution < -0.4 is 9.64 Å². The molecule has 0 aliphatic rings. The van der Waals surface area contributed by atoms with Crippen molar-refractivity contribution < 1.29 is 9.53 Å². The minimum absolute atomic E-state index is 0.0482. The Morgan fingerprint density at radius 3 is 2.46 bits per heavy atom. The molecule has 1 heterocycles. The van der Waals surface area contributed by atoms with E-state index in [9.17, 15) is 4.79 Å². The molecule has 0 bridgehead atoms. The number of carbonyl (C=O) groups excluding carboxylic acids is 1. The number of nitrogens with zero attached hydrogens (tertiary/aromatic N) is 2. The summed E-state index contributed by atoms with van der Waals surface area (Å²) in [7, 11) is 1.77. The van der Waals surface area contributed by atoms with Crippen molar-refractivity contribution in [1.29, 1.82) is 0 Å². The van der Waals surface area contributed by atoms with Gasteiger partial charge in [-0.25, -0.2) is 4.98 Å². The van der Waals surface area contributed by atoms with Crippen molar-refractivity contribution in [2.45, 2.75) is 13.5 Å². The van der Waals surface area contributed by atoms with Gasteiger partial charge in [0.05, 0.1) is 11.2 Å². The number of hydrogen-bond acceptors (Lipinski definition) is 4. The van der Waals surface area contributed by atoms with Gasteiger partial charge in [-0.2, -0.15) is 0 Å². The van der Waals surface area contributed by atoms with Crippen LogP contribution in [0.3, 0.4) is 0 Å². The van der Waals surface area contributed by atoms with Crippen molar-refractivity contribution in [1.82, 2.24) is 4.98 Å². The van der Waals surface area contributed by atoms with Crippen LogP contribution in [0.25, 0.3) is 0 Å². The fraction of sp³-hybridized carbons (Fsp3) is 0.158. The third-order valence-corrected chi connectivity index (χ3v) is 4.63. The number of ether oxygens (including phenoxy) is 1. The zero-order valence-electron chi connectivity index (χ0n) is 13.6. The van der Waals surface area contributed by atoms with Gasteiger partial charge in [0.1, 0.15) is 17.2 Å². The second-order valence-corrected chi connectivity index (χ2v) is 6.25. The van der Waals surface area contributed by atoms with Gasteiger partial charge in [0.25, 0.3) is 5.91 Å². The van der Waals surface area contributed by atoms with Crippen LogP contribution in [0, 0.1) is 6.92 Å². The van der Waals surface area contributed by atoms with Crippen LogP contribution in [-0.2, 0) is 6.61 Å². The van der Waals surface area contributed by atoms with Crippen LogP contribution in [0.15, 0.2) is 60.1 Å². The maximum atomic E-state index is 12.5. The number of benzene rings is 2. The highest BCUT2D eigenvalue weighted by atomic mass is 32.1. The smallest absolute Gasteiger partial charge is 0.269 e. The van der Waals surface area contributed by atoms with Crippen LogP contribution in [0.1, 0.15) is 20.9 Å². The second kappa shape index (κ2) is 7.27. The lowest BCUT2D eigenvalue weighted by Crippen LogP contribution is -2.25. The molecule has 4 nitrogen and oxygen atoms in total. The van der Waals surface area contributed by atoms with Crippen molar-refractivity contribution >= 4 is 22.9 Å². The molecule has 3 aromatic rings. The normalized spacial score (nSPS) is 10.4. The van der Waals surface area contributed by atoms with Crippen LogP contribution in [0.4, 0.5) is 5.69 Å². The molecule has 0 spiro atoms. The first kappa shape index (κ1) is 16.2. The topological polar surface area (TPSA) is 42.4 Å². The van der Waals surface area contributed by atoms with E-state index in [1.165, 1.54) is 11.3 Å². The summed E-state index contributed by atoms with van der Waals surface area (Å²) in [6.45, 7) is 2.37. The van der Waals surface area contributed by atoms with Crippen LogP contribution >= 0.6 is 11.3 Å². The monoisotopic (exact) mass is 338 g/mol. The van der Waals surface area contributed by atoms with Crippen LogP contribution in [0.2, 0.25) is 0 Å². The summed E-state index contributed by atoms with van der Waals surface area (Å²) < 4.78 is 5.77. The second-order valence-electron chi connectivity index (χ2n) is 5.40. The standard InChI is InChI=1S/C19H18N2O2S/c1-14-18(24-13-20-14)19(22)21(2)16-8-10-17(11-9-16)23-12-15-6-4-3-5-7-15/h3-11,13H,12H2,1-2H3. The lowest BCUT2D eigenvalue weighted by atomic mass is 10.2. The number of aromatic nitrogens is 1. The molecule has 0 atom stereocenters. The average Bonchev–Trinajstić information content (AvgIpc) is 3.06. The molecule has 3 rings (SSSR count). The first-order valence-electron chi connectivity index (χ1n) is 7.60. The summed E-state index contributed by atoms with van der Waals surface area (Å²) in [4.78, 5) is 18.9. The Bertz CT molecular complexity index is 813. The molecule has 0 aliphatic carbocycles. The van der Waals surface area contributed by atoms with E-state index in [1.54, 1.807) is 17.5 Å². The van der Waals surface area contributed by atoms with E-state index in [4.69, 9.17) is 4.74 Å². The minimum atomic E-state index is -0.0482. The maximum absolute atomic E-state index is 12.5. The van der Waals surface area contributed by atoms with Crippen LogP contribution in [0.5, 0.6) is 5.75 Å². The summed E-state index contributed by atoms with van der Waals surface area (Å²) in [5.74, 6) is 0.727. The number of anilines is 1. The Hall–Kier alpha value is -2.66. The van der Waals surface area contributed by atoms with Crippen molar-refractivity contribution in [3.05, 3.63) is 76.2 Å². The molecular formula is C19H18N2O2S. The van der Waals surface area contributed by atoms with E-state index in [-0.39, 0.29) is 5.91 Å². The molecule has 2 aromatic carbocycles. The van der Waals surface area contributed by atoms with Gasteiger partial charge in [-0.3, -0.25) is 4.79 Å². The van der Waals surface area contributed by atoms with Gasteiger partial charge in [-0.15, -0.1) is 11.3 Å². The number of rotatable bonds is 5. The number of carbonyl (C=O) groups is 1. The Balaban J connectivity index is 1.65. The van der Waals surface area contributed by atoms with Crippen molar-refractivity contribution in [2.75, 3.05) is 11.9 Å². The minimum Gasteiger partial charge on any atom is -0.489 e. The molecular weight excluding hydrogens is 320 g/mol. The lowest BCUT2D eigenvalue weighted by molar-refractivity contribution is 0.0996. The quantitative estimate of drug-likeness (QED) is 0.696. The zero-order valence-corrected chi connectivity index (χ0v) is 14.4. The Kier molecular flexibility index (Phi) is 4.91. The molecule has 0 saturated heterocycles. The number of amides is 1. The largest absolute Gasteiger partial charge is 0.489 e. The maximum Gasteiger partial charge on any atom is 0.269 e. The van der Waals surface area contributed by atoms with Gasteiger partial charge >= 0.3 is 0 Å². The van der Waals surface area contributed by atoms with Gasteiger partial charge in [-0.05, 0) is 36.8 Å². The first-order valence-corrected chi connectivity index (χ1v) is 8.48. The summed E-state index contributed by atoms with van der Waals surface area (Å²) >= 11 is 1.36. The number of hydrogen-bond donors (Lipinski definition) is 0. The number of thiazole rings is 1. The highest BCUT2D eigenvalue weighted by molar-refractivity contribution is 7.12. The van der Waals surface area contributed by atoms with Crippen molar-refractivity contribution in [3.8, 4) is 5.75 Å². The first-order chi connectivity index (χ1) is 11.6. The molecule has 122 valence electrons. The lowest BCUT2D eigenvalue weighted by Gasteiger charge is -2.17. The fourth-order valence-electron chi connectivity index (χ4n) is 2.28. The Labute approximate surface area is 145 Å². The summed E-state index contributed by atoms with van der Waals surface area (Å²) in [5, 5.41) is 0. The van der Waals surface area contributed by atoms with Gasteiger partial charge < -0.3 is 9.64 Å². The molecule has 5 heteroatoms. The molecule has 0 saturated carbocycles. The van der Waals surface area contributed by atoms with Gasteiger partial charge in [0.15, 0.2) is 0 Å². The van der Waals surface area contributed by atoms with E-state index < -0.39 is 0 Å². The molecule has 0 aliphatic heterocycles. The molecule has 1 aromatic heterocycles. The Morgan fingerprint density at radius 2 is 1.83 bits per heavy atom. The third kappa shape index (κ3) is 3.63. The van der Waals surface area contributed by atoms with E-state index in [0.29, 0.717) is 11.5 Å². The fourth-order valence-corrected chi connectivity index (χ4v) is 3.06. The molecule has 24 heavy (non-hydrogen) atoms. The molecule has 0 radical (unpaired) electrons. The zero-order chi connectivity index (χ0) is 16.9. The summed E-state index contributed by atoms with van der Waals surface area (Å²) in [6.07, 6.45) is 0. The van der Waals surface area contributed by atoms with Gasteiger partial charge in [0.2, 0.25) is 0 Å². The van der Waals surface area contributed by atoms with Crippen LogP contribution in [-0.4, -0.2) is 17.9 Å². The summed E-state index contributed by atoms with van der Waals surface area (Å²) in [5.41, 5.74) is 4.39. The molecule has 0 unspecified atom stereocenters. The highest BCUT2D eigenvalue weighted by Crippen LogP contribution is 2.23. The van der Waals surface area contributed by atoms with E-state index in [1.807, 2.05) is 61.5 Å². The van der Waals surface area contributed by atoms with Crippen molar-refractivity contribution in [3.63, 3.8) is 0 Å². The van der Waals surface area contributed by atoms with E-state index in [0.717, 1.165) is 22.7 Å².